The highest BCUT2D eigenvalue weighted by Crippen LogP contribution is 2.17. The summed E-state index contributed by atoms with van der Waals surface area (Å²) in [6.07, 6.45) is 1.21. The lowest BCUT2D eigenvalue weighted by atomic mass is 10.1. The molecule has 14 heavy (non-hydrogen) atoms. The first kappa shape index (κ1) is 11.1. The van der Waals surface area contributed by atoms with Crippen molar-refractivity contribution in [3.05, 3.63) is 29.6 Å². The second-order valence-corrected chi connectivity index (χ2v) is 3.14. The second kappa shape index (κ2) is 5.05. The molecule has 0 saturated carbocycles. The van der Waals surface area contributed by atoms with Crippen molar-refractivity contribution in [2.45, 2.75) is 12.2 Å². The van der Waals surface area contributed by atoms with Crippen molar-refractivity contribution >= 4 is 17.9 Å². The smallest absolute Gasteiger partial charge is 0.151 e. The van der Waals surface area contributed by atoms with E-state index in [1.165, 1.54) is 18.5 Å². The zero-order valence-corrected chi connectivity index (χ0v) is 8.05. The number of pyridine rings is 1. The van der Waals surface area contributed by atoms with Crippen molar-refractivity contribution in [2.75, 3.05) is 5.88 Å². The van der Waals surface area contributed by atoms with Crippen LogP contribution < -0.4 is 0 Å². The van der Waals surface area contributed by atoms with Crippen LogP contribution in [-0.2, 0) is 0 Å². The number of rotatable bonds is 4. The third-order valence-corrected chi connectivity index (χ3v) is 2.10. The van der Waals surface area contributed by atoms with Crippen LogP contribution >= 0.6 is 11.6 Å². The van der Waals surface area contributed by atoms with E-state index in [-0.39, 0.29) is 5.88 Å². The Labute approximate surface area is 86.2 Å². The molecule has 0 aliphatic heterocycles. The Morgan fingerprint density at radius 2 is 2.21 bits per heavy atom. The van der Waals surface area contributed by atoms with Gasteiger partial charge in [-0.1, -0.05) is 0 Å². The molecule has 1 aromatic rings. The molecule has 0 radical (unpaired) electrons. The molecule has 0 saturated heterocycles. The van der Waals surface area contributed by atoms with Crippen LogP contribution in [0.5, 0.6) is 0 Å². The molecule has 2 atom stereocenters. The predicted molar refractivity (Wildman–Crippen MR) is 51.3 cm³/mol. The van der Waals surface area contributed by atoms with Crippen molar-refractivity contribution in [3.63, 3.8) is 0 Å². The number of hydrogen-bond acceptors (Lipinski definition) is 4. The lowest BCUT2D eigenvalue weighted by Gasteiger charge is -2.15. The summed E-state index contributed by atoms with van der Waals surface area (Å²) in [6.45, 7) is 0. The average Bonchev–Trinajstić information content (AvgIpc) is 2.27. The van der Waals surface area contributed by atoms with Crippen LogP contribution in [0.1, 0.15) is 22.0 Å². The molecule has 0 amide bonds. The monoisotopic (exact) mass is 215 g/mol. The molecule has 0 aromatic carbocycles. The summed E-state index contributed by atoms with van der Waals surface area (Å²) in [6, 6.07) is 1.46. The third-order valence-electron chi connectivity index (χ3n) is 1.78. The highest BCUT2D eigenvalue weighted by molar-refractivity contribution is 6.18. The van der Waals surface area contributed by atoms with E-state index in [0.717, 1.165) is 0 Å². The number of aliphatic hydroxyl groups is 2. The molecule has 4 nitrogen and oxygen atoms in total. The van der Waals surface area contributed by atoms with Crippen molar-refractivity contribution in [3.8, 4) is 0 Å². The number of hydrogen-bond donors (Lipinski definition) is 2. The van der Waals surface area contributed by atoms with Crippen LogP contribution in [-0.4, -0.2) is 33.5 Å². The maximum atomic E-state index is 10.4. The fraction of sp³-hybridized carbons (Fsp3) is 0.333. The molecule has 0 aliphatic rings. The minimum Gasteiger partial charge on any atom is -0.389 e. The van der Waals surface area contributed by atoms with Gasteiger partial charge < -0.3 is 10.2 Å². The predicted octanol–water partition coefficient (Wildman–Crippen LogP) is 0.527. The number of nitrogens with zero attached hydrogens (tertiary/aromatic N) is 1. The molecule has 1 heterocycles. The Morgan fingerprint density at radius 3 is 2.79 bits per heavy atom. The topological polar surface area (TPSA) is 70.4 Å². The van der Waals surface area contributed by atoms with Crippen LogP contribution in [0.15, 0.2) is 18.5 Å². The van der Waals surface area contributed by atoms with E-state index in [9.17, 15) is 15.0 Å². The second-order valence-electron chi connectivity index (χ2n) is 2.84. The van der Waals surface area contributed by atoms with Crippen molar-refractivity contribution in [2.24, 2.45) is 0 Å². The van der Waals surface area contributed by atoms with Gasteiger partial charge in [0, 0.05) is 23.5 Å². The molecular weight excluding hydrogens is 206 g/mol. The number of alkyl halides is 1. The van der Waals surface area contributed by atoms with Gasteiger partial charge in [0.2, 0.25) is 0 Å². The zero-order valence-electron chi connectivity index (χ0n) is 7.30. The van der Waals surface area contributed by atoms with Crippen molar-refractivity contribution in [1.29, 1.82) is 0 Å². The minimum absolute atomic E-state index is 0.0769. The average molecular weight is 216 g/mol. The fourth-order valence-electron chi connectivity index (χ4n) is 1.01. The maximum absolute atomic E-state index is 10.4. The van der Waals surface area contributed by atoms with Crippen LogP contribution in [0.25, 0.3) is 0 Å². The SMILES string of the molecule is O=Cc1cncc(C(O)C(O)CCl)c1. The lowest BCUT2D eigenvalue weighted by molar-refractivity contribution is 0.0325. The van der Waals surface area contributed by atoms with Gasteiger partial charge >= 0.3 is 0 Å². The van der Waals surface area contributed by atoms with Gasteiger partial charge in [0.1, 0.15) is 6.10 Å². The number of aliphatic hydroxyl groups excluding tert-OH is 2. The van der Waals surface area contributed by atoms with Crippen molar-refractivity contribution < 1.29 is 15.0 Å². The molecule has 76 valence electrons. The van der Waals surface area contributed by atoms with E-state index in [0.29, 0.717) is 17.4 Å². The molecule has 0 fully saturated rings. The highest BCUT2D eigenvalue weighted by Gasteiger charge is 2.17. The molecule has 0 aliphatic carbocycles. The van der Waals surface area contributed by atoms with E-state index in [2.05, 4.69) is 4.98 Å². The van der Waals surface area contributed by atoms with Gasteiger partial charge in [-0.25, -0.2) is 0 Å². The Bertz CT molecular complexity index is 319. The van der Waals surface area contributed by atoms with E-state index in [1.54, 1.807) is 0 Å². The standard InChI is InChI=1S/C9H10ClNO3/c10-2-8(13)9(14)7-1-6(5-12)3-11-4-7/h1,3-5,8-9,13-14H,2H2. The largest absolute Gasteiger partial charge is 0.389 e. The van der Waals surface area contributed by atoms with E-state index in [1.807, 2.05) is 0 Å². The van der Waals surface area contributed by atoms with Crippen LogP contribution in [0.4, 0.5) is 0 Å². The van der Waals surface area contributed by atoms with Gasteiger partial charge in [0.05, 0.1) is 12.0 Å². The first-order chi connectivity index (χ1) is 6.69. The molecule has 1 rings (SSSR count). The zero-order chi connectivity index (χ0) is 10.6. The van der Waals surface area contributed by atoms with E-state index >= 15 is 0 Å². The van der Waals surface area contributed by atoms with Gasteiger partial charge in [-0.2, -0.15) is 0 Å². The van der Waals surface area contributed by atoms with Gasteiger partial charge in [0.25, 0.3) is 0 Å². The minimum atomic E-state index is -1.11. The van der Waals surface area contributed by atoms with Gasteiger partial charge in [0.15, 0.2) is 6.29 Å². The third kappa shape index (κ3) is 2.51. The summed E-state index contributed by atoms with van der Waals surface area (Å²) in [5, 5.41) is 18.8. The molecule has 1 aromatic heterocycles. The number of carbonyl (C=O) groups is 1. The molecule has 2 N–H and O–H groups in total. The van der Waals surface area contributed by atoms with E-state index in [4.69, 9.17) is 11.6 Å². The Hall–Kier alpha value is -0.970. The summed E-state index contributed by atoms with van der Waals surface area (Å²) in [5.74, 6) is -0.0769. The first-order valence-electron chi connectivity index (χ1n) is 4.01. The van der Waals surface area contributed by atoms with Crippen molar-refractivity contribution in [1.82, 2.24) is 4.98 Å². The Kier molecular flexibility index (Phi) is 4.00. The maximum Gasteiger partial charge on any atom is 0.151 e. The number of halogens is 1. The van der Waals surface area contributed by atoms with Gasteiger partial charge in [-0.05, 0) is 6.07 Å². The summed E-state index contributed by atoms with van der Waals surface area (Å²) < 4.78 is 0. The van der Waals surface area contributed by atoms with Gasteiger partial charge in [-0.3, -0.25) is 9.78 Å². The normalized spacial score (nSPS) is 14.8. The van der Waals surface area contributed by atoms with Crippen LogP contribution in [0.3, 0.4) is 0 Å². The fourth-order valence-corrected chi connectivity index (χ4v) is 1.18. The highest BCUT2D eigenvalue weighted by atomic mass is 35.5. The lowest BCUT2D eigenvalue weighted by Crippen LogP contribution is -2.19. The van der Waals surface area contributed by atoms with Crippen LogP contribution in [0.2, 0.25) is 0 Å². The Morgan fingerprint density at radius 1 is 1.50 bits per heavy atom. The molecule has 0 spiro atoms. The first-order valence-corrected chi connectivity index (χ1v) is 4.54. The quantitative estimate of drug-likeness (QED) is 0.568. The molecule has 0 bridgehead atoms. The number of carbonyl (C=O) groups excluding carboxylic acids is 1. The van der Waals surface area contributed by atoms with E-state index < -0.39 is 12.2 Å². The van der Waals surface area contributed by atoms with Gasteiger partial charge in [-0.15, -0.1) is 11.6 Å². The molecule has 2 unspecified atom stereocenters. The summed E-state index contributed by atoms with van der Waals surface area (Å²) in [7, 11) is 0. The van der Waals surface area contributed by atoms with Crippen LogP contribution in [0, 0.1) is 0 Å². The molecule has 5 heteroatoms. The molecular formula is C9H10ClNO3. The summed E-state index contributed by atoms with van der Waals surface area (Å²) in [4.78, 5) is 14.2. The summed E-state index contributed by atoms with van der Waals surface area (Å²) in [5.41, 5.74) is 0.728. The Balaban J connectivity index is 2.89. The number of aromatic nitrogens is 1. The number of aldehydes is 1. The summed E-state index contributed by atoms with van der Waals surface area (Å²) >= 11 is 5.37.